The number of esters is 1. The topological polar surface area (TPSA) is 43.4 Å². The molecule has 0 spiro atoms. The van der Waals surface area contributed by atoms with Crippen LogP contribution in [0.4, 0.5) is 0 Å². The molecule has 0 radical (unpaired) electrons. The number of rotatable bonds is 3. The standard InChI is InChI=1S/C22H26O3/c1-13(2)18(15-9-7-6-8-10-15)16-11-22(21(24)25-5)12-17(16)19(14(3)4)20(22)23/h6-10,13,17H,11-12H2,1-5H3/b18-16-/t17-,22+/m1/s1. The number of Topliss-reactive ketones (excluding diaryl/α,β-unsaturated/α-hetero) is 1. The van der Waals surface area contributed by atoms with Gasteiger partial charge in [0.1, 0.15) is 5.41 Å². The van der Waals surface area contributed by atoms with E-state index in [4.69, 9.17) is 4.74 Å². The van der Waals surface area contributed by atoms with E-state index in [1.807, 2.05) is 32.0 Å². The normalized spacial score (nSPS) is 27.0. The van der Waals surface area contributed by atoms with Gasteiger partial charge in [-0.2, -0.15) is 0 Å². The molecule has 2 fully saturated rings. The van der Waals surface area contributed by atoms with Crippen LogP contribution in [-0.4, -0.2) is 18.9 Å². The van der Waals surface area contributed by atoms with Crippen molar-refractivity contribution in [3.8, 4) is 0 Å². The zero-order valence-corrected chi connectivity index (χ0v) is 15.7. The van der Waals surface area contributed by atoms with Gasteiger partial charge in [0.05, 0.1) is 7.11 Å². The Labute approximate surface area is 149 Å². The molecule has 2 atom stereocenters. The maximum atomic E-state index is 13.0. The fourth-order valence-corrected chi connectivity index (χ4v) is 4.67. The molecular formula is C22H26O3. The number of allylic oxidation sites excluding steroid dienone is 4. The Balaban J connectivity index is 2.23. The van der Waals surface area contributed by atoms with Crippen LogP contribution in [0.1, 0.15) is 46.1 Å². The van der Waals surface area contributed by atoms with E-state index in [9.17, 15) is 9.59 Å². The third kappa shape index (κ3) is 2.57. The Morgan fingerprint density at radius 3 is 2.36 bits per heavy atom. The Kier molecular flexibility index (Phi) is 4.44. The first kappa shape index (κ1) is 17.7. The van der Waals surface area contributed by atoms with Crippen molar-refractivity contribution in [2.24, 2.45) is 17.3 Å². The Morgan fingerprint density at radius 2 is 1.84 bits per heavy atom. The summed E-state index contributed by atoms with van der Waals surface area (Å²) in [5.74, 6) is -0.0525. The van der Waals surface area contributed by atoms with Crippen molar-refractivity contribution >= 4 is 17.3 Å². The van der Waals surface area contributed by atoms with E-state index >= 15 is 0 Å². The number of carbonyl (C=O) groups is 2. The van der Waals surface area contributed by atoms with Gasteiger partial charge in [-0.3, -0.25) is 9.59 Å². The van der Waals surface area contributed by atoms with Crippen molar-refractivity contribution in [3.63, 3.8) is 0 Å². The van der Waals surface area contributed by atoms with Crippen LogP contribution in [0, 0.1) is 17.3 Å². The Bertz CT molecular complexity index is 779. The zero-order chi connectivity index (χ0) is 18.4. The van der Waals surface area contributed by atoms with Crippen LogP contribution < -0.4 is 0 Å². The number of ether oxygens (including phenoxy) is 1. The molecule has 3 rings (SSSR count). The van der Waals surface area contributed by atoms with Gasteiger partial charge >= 0.3 is 5.97 Å². The average molecular weight is 338 g/mol. The predicted octanol–water partition coefficient (Wildman–Crippen LogP) is 4.58. The molecule has 0 amide bonds. The van der Waals surface area contributed by atoms with Crippen LogP contribution in [0.25, 0.3) is 5.57 Å². The quantitative estimate of drug-likeness (QED) is 0.460. The molecule has 3 nitrogen and oxygen atoms in total. The van der Waals surface area contributed by atoms with Gasteiger partial charge in [0.15, 0.2) is 5.78 Å². The molecule has 0 N–H and O–H groups in total. The first-order valence-corrected chi connectivity index (χ1v) is 8.92. The molecular weight excluding hydrogens is 312 g/mol. The van der Waals surface area contributed by atoms with Crippen LogP contribution >= 0.6 is 0 Å². The number of ketones is 1. The van der Waals surface area contributed by atoms with Crippen LogP contribution in [0.15, 0.2) is 47.1 Å². The highest BCUT2D eigenvalue weighted by Gasteiger charge is 2.63. The largest absolute Gasteiger partial charge is 0.468 e. The number of hydrogen-bond donors (Lipinski definition) is 0. The maximum Gasteiger partial charge on any atom is 0.320 e. The number of hydrogen-bond acceptors (Lipinski definition) is 3. The molecule has 1 aromatic rings. The van der Waals surface area contributed by atoms with Gasteiger partial charge in [0.2, 0.25) is 0 Å². The molecule has 0 heterocycles. The summed E-state index contributed by atoms with van der Waals surface area (Å²) in [6, 6.07) is 10.3. The summed E-state index contributed by atoms with van der Waals surface area (Å²) in [4.78, 5) is 25.6. The van der Waals surface area contributed by atoms with E-state index in [1.54, 1.807) is 0 Å². The van der Waals surface area contributed by atoms with E-state index in [-0.39, 0.29) is 17.7 Å². The lowest BCUT2D eigenvalue weighted by Gasteiger charge is -2.28. The summed E-state index contributed by atoms with van der Waals surface area (Å²) in [5.41, 5.74) is 4.50. The summed E-state index contributed by atoms with van der Waals surface area (Å²) < 4.78 is 5.04. The highest BCUT2D eigenvalue weighted by molar-refractivity contribution is 6.17. The lowest BCUT2D eigenvalue weighted by Crippen LogP contribution is -2.37. The SMILES string of the molecule is COC(=O)[C@@]12C/C(=C(/c3ccccc3)C(C)C)[C@@H](C1)C(=C(C)C)C2=O. The first-order chi connectivity index (χ1) is 11.8. The molecule has 1 aromatic carbocycles. The highest BCUT2D eigenvalue weighted by atomic mass is 16.5. The summed E-state index contributed by atoms with van der Waals surface area (Å²) in [6.45, 7) is 8.29. The molecule has 0 aliphatic heterocycles. The molecule has 132 valence electrons. The van der Waals surface area contributed by atoms with Gasteiger partial charge in [-0.25, -0.2) is 0 Å². The van der Waals surface area contributed by atoms with E-state index in [0.717, 1.165) is 11.1 Å². The van der Waals surface area contributed by atoms with Crippen LogP contribution in [-0.2, 0) is 14.3 Å². The smallest absolute Gasteiger partial charge is 0.320 e. The van der Waals surface area contributed by atoms with E-state index in [0.29, 0.717) is 18.8 Å². The second-order valence-electron chi connectivity index (χ2n) is 7.71. The molecule has 3 heteroatoms. The lowest BCUT2D eigenvalue weighted by atomic mass is 9.74. The summed E-state index contributed by atoms with van der Waals surface area (Å²) in [7, 11) is 1.38. The number of carbonyl (C=O) groups excluding carboxylic acids is 2. The molecule has 2 aliphatic rings. The fourth-order valence-electron chi connectivity index (χ4n) is 4.67. The predicted molar refractivity (Wildman–Crippen MR) is 98.8 cm³/mol. The lowest BCUT2D eigenvalue weighted by molar-refractivity contribution is -0.155. The van der Waals surface area contributed by atoms with Crippen LogP contribution in [0.5, 0.6) is 0 Å². The molecule has 0 saturated heterocycles. The zero-order valence-electron chi connectivity index (χ0n) is 15.7. The molecule has 2 saturated carbocycles. The van der Waals surface area contributed by atoms with Crippen molar-refractivity contribution in [2.75, 3.05) is 7.11 Å². The van der Waals surface area contributed by atoms with E-state index < -0.39 is 5.41 Å². The second-order valence-corrected chi connectivity index (χ2v) is 7.71. The summed E-state index contributed by atoms with van der Waals surface area (Å²) in [6.07, 6.45) is 1.04. The second kappa shape index (κ2) is 6.29. The summed E-state index contributed by atoms with van der Waals surface area (Å²) >= 11 is 0. The van der Waals surface area contributed by atoms with Crippen molar-refractivity contribution in [1.29, 1.82) is 0 Å². The molecule has 0 aromatic heterocycles. The van der Waals surface area contributed by atoms with Crippen LogP contribution in [0.2, 0.25) is 0 Å². The minimum absolute atomic E-state index is 0.0238. The van der Waals surface area contributed by atoms with Crippen molar-refractivity contribution in [3.05, 3.63) is 52.6 Å². The Hall–Kier alpha value is -2.16. The first-order valence-electron chi connectivity index (χ1n) is 8.92. The fraction of sp³-hybridized carbons (Fsp3) is 0.455. The van der Waals surface area contributed by atoms with Gasteiger partial charge in [-0.1, -0.05) is 55.3 Å². The number of fused-ring (bicyclic) bond motifs is 2. The molecule has 25 heavy (non-hydrogen) atoms. The number of benzene rings is 1. The maximum absolute atomic E-state index is 13.0. The van der Waals surface area contributed by atoms with Crippen molar-refractivity contribution in [2.45, 2.75) is 40.5 Å². The third-order valence-electron chi connectivity index (χ3n) is 5.62. The molecule has 0 unspecified atom stereocenters. The van der Waals surface area contributed by atoms with E-state index in [1.165, 1.54) is 23.8 Å². The van der Waals surface area contributed by atoms with Crippen molar-refractivity contribution in [1.82, 2.24) is 0 Å². The monoisotopic (exact) mass is 338 g/mol. The highest BCUT2D eigenvalue weighted by Crippen LogP contribution is 2.60. The van der Waals surface area contributed by atoms with Gasteiger partial charge in [-0.05, 0) is 43.7 Å². The van der Waals surface area contributed by atoms with Gasteiger partial charge in [0.25, 0.3) is 0 Å². The molecule has 2 aliphatic carbocycles. The van der Waals surface area contributed by atoms with Gasteiger partial charge in [-0.15, -0.1) is 0 Å². The Morgan fingerprint density at radius 1 is 1.20 bits per heavy atom. The van der Waals surface area contributed by atoms with Crippen LogP contribution in [0.3, 0.4) is 0 Å². The third-order valence-corrected chi connectivity index (χ3v) is 5.62. The average Bonchev–Trinajstić information content (AvgIpc) is 3.09. The minimum Gasteiger partial charge on any atom is -0.468 e. The van der Waals surface area contributed by atoms with Gasteiger partial charge < -0.3 is 4.74 Å². The van der Waals surface area contributed by atoms with Gasteiger partial charge in [0, 0.05) is 11.5 Å². The molecule has 2 bridgehead atoms. The van der Waals surface area contributed by atoms with E-state index in [2.05, 4.69) is 26.0 Å². The number of methoxy groups -OCH3 is 1. The van der Waals surface area contributed by atoms with Crippen molar-refractivity contribution < 1.29 is 14.3 Å². The summed E-state index contributed by atoms with van der Waals surface area (Å²) in [5, 5.41) is 0. The minimum atomic E-state index is -1.02.